The van der Waals surface area contributed by atoms with E-state index in [9.17, 15) is 4.39 Å². The first-order valence-corrected chi connectivity index (χ1v) is 9.58. The first-order valence-electron chi connectivity index (χ1n) is 9.58. The van der Waals surface area contributed by atoms with Gasteiger partial charge in [0.05, 0.1) is 6.33 Å². The maximum Gasteiger partial charge on any atom is 0.0827 e. The Balaban J connectivity index is 1.45. The number of aryl methyl sites for hydroxylation is 1. The van der Waals surface area contributed by atoms with Crippen molar-refractivity contribution < 1.29 is 4.39 Å². The van der Waals surface area contributed by atoms with Gasteiger partial charge >= 0.3 is 0 Å². The number of rotatable bonds is 4. The van der Waals surface area contributed by atoms with E-state index in [4.69, 9.17) is 0 Å². The third-order valence-electron chi connectivity index (χ3n) is 6.44. The SMILES string of the molecule is Cc1ccc(C2CCC(C3CCC(C/C=C/F)CC3)CC2)cc1. The Morgan fingerprint density at radius 1 is 0.870 bits per heavy atom. The number of hydrogen-bond donors (Lipinski definition) is 0. The Bertz CT molecular complexity index is 485. The molecule has 0 aromatic heterocycles. The molecule has 0 nitrogen and oxygen atoms in total. The van der Waals surface area contributed by atoms with Gasteiger partial charge in [-0.05, 0) is 93.9 Å². The van der Waals surface area contributed by atoms with Crippen LogP contribution in [0.1, 0.15) is 74.8 Å². The molecule has 1 heteroatoms. The molecule has 126 valence electrons. The van der Waals surface area contributed by atoms with E-state index in [1.807, 2.05) is 0 Å². The lowest BCUT2D eigenvalue weighted by Gasteiger charge is -2.38. The second-order valence-corrected chi connectivity index (χ2v) is 7.90. The van der Waals surface area contributed by atoms with Crippen LogP contribution in [0, 0.1) is 24.7 Å². The van der Waals surface area contributed by atoms with Gasteiger partial charge in [0.2, 0.25) is 0 Å². The molecule has 0 aliphatic heterocycles. The average Bonchev–Trinajstić information content (AvgIpc) is 2.61. The molecular weight excluding hydrogens is 283 g/mol. The molecule has 2 saturated carbocycles. The van der Waals surface area contributed by atoms with E-state index in [0.29, 0.717) is 0 Å². The molecule has 0 amide bonds. The molecule has 0 bridgehead atoms. The molecule has 3 rings (SSSR count). The summed E-state index contributed by atoms with van der Waals surface area (Å²) in [5, 5.41) is 0. The summed E-state index contributed by atoms with van der Waals surface area (Å²) in [5.41, 5.74) is 2.91. The largest absolute Gasteiger partial charge is 0.216 e. The standard InChI is InChI=1S/C22H31F/c1-17-4-8-19(9-5-17)21-12-14-22(15-13-21)20-10-6-18(7-11-20)3-2-16-23/h2,4-5,8-9,16,18,20-22H,3,6-7,10-15H2,1H3/b16-2+. The molecule has 0 heterocycles. The van der Waals surface area contributed by atoms with E-state index in [2.05, 4.69) is 31.2 Å². The third kappa shape index (κ3) is 4.46. The highest BCUT2D eigenvalue weighted by Crippen LogP contribution is 2.44. The quantitative estimate of drug-likeness (QED) is 0.564. The van der Waals surface area contributed by atoms with Crippen LogP contribution in [0.3, 0.4) is 0 Å². The van der Waals surface area contributed by atoms with Crippen molar-refractivity contribution in [3.63, 3.8) is 0 Å². The zero-order valence-corrected chi connectivity index (χ0v) is 14.5. The highest BCUT2D eigenvalue weighted by Gasteiger charge is 2.30. The summed E-state index contributed by atoms with van der Waals surface area (Å²) in [6, 6.07) is 9.19. The number of allylic oxidation sites excluding steroid dienone is 1. The summed E-state index contributed by atoms with van der Waals surface area (Å²) < 4.78 is 12.1. The third-order valence-corrected chi connectivity index (χ3v) is 6.44. The lowest BCUT2D eigenvalue weighted by atomic mass is 9.68. The monoisotopic (exact) mass is 314 g/mol. The predicted molar refractivity (Wildman–Crippen MR) is 96.2 cm³/mol. The van der Waals surface area contributed by atoms with Gasteiger partial charge in [0.25, 0.3) is 0 Å². The average molecular weight is 314 g/mol. The highest BCUT2D eigenvalue weighted by molar-refractivity contribution is 5.24. The van der Waals surface area contributed by atoms with Gasteiger partial charge in [0.15, 0.2) is 0 Å². The lowest BCUT2D eigenvalue weighted by molar-refractivity contribution is 0.160. The summed E-state index contributed by atoms with van der Waals surface area (Å²) in [6.45, 7) is 2.17. The first kappa shape index (κ1) is 16.7. The van der Waals surface area contributed by atoms with Crippen LogP contribution >= 0.6 is 0 Å². The maximum atomic E-state index is 12.1. The minimum absolute atomic E-state index is 0.721. The van der Waals surface area contributed by atoms with E-state index in [1.54, 1.807) is 11.6 Å². The molecule has 23 heavy (non-hydrogen) atoms. The molecule has 0 atom stereocenters. The van der Waals surface area contributed by atoms with Crippen molar-refractivity contribution >= 4 is 0 Å². The molecule has 0 saturated heterocycles. The summed E-state index contributed by atoms with van der Waals surface area (Å²) in [4.78, 5) is 0. The normalized spacial score (nSPS) is 32.3. The van der Waals surface area contributed by atoms with Crippen molar-refractivity contribution in [1.82, 2.24) is 0 Å². The van der Waals surface area contributed by atoms with Crippen molar-refractivity contribution in [1.29, 1.82) is 0 Å². The van der Waals surface area contributed by atoms with Crippen molar-refractivity contribution in [3.8, 4) is 0 Å². The minimum atomic E-state index is 0.721. The van der Waals surface area contributed by atoms with Crippen LogP contribution in [-0.2, 0) is 0 Å². The molecule has 0 N–H and O–H groups in total. The van der Waals surface area contributed by atoms with Gasteiger partial charge in [-0.15, -0.1) is 0 Å². The smallest absolute Gasteiger partial charge is 0.0827 e. The van der Waals surface area contributed by atoms with Crippen LogP contribution in [-0.4, -0.2) is 0 Å². The zero-order chi connectivity index (χ0) is 16.1. The van der Waals surface area contributed by atoms with Gasteiger partial charge in [0.1, 0.15) is 0 Å². The summed E-state index contributed by atoms with van der Waals surface area (Å²) in [6.07, 6.45) is 14.3. The van der Waals surface area contributed by atoms with Gasteiger partial charge in [-0.2, -0.15) is 0 Å². The lowest BCUT2D eigenvalue weighted by Crippen LogP contribution is -2.25. The Kier molecular flexibility index (Phi) is 5.91. The fraction of sp³-hybridized carbons (Fsp3) is 0.636. The Labute approximate surface area is 141 Å². The number of hydrogen-bond acceptors (Lipinski definition) is 0. The van der Waals surface area contributed by atoms with Gasteiger partial charge < -0.3 is 0 Å². The van der Waals surface area contributed by atoms with E-state index < -0.39 is 0 Å². The van der Waals surface area contributed by atoms with Gasteiger partial charge in [-0.1, -0.05) is 35.9 Å². The van der Waals surface area contributed by atoms with E-state index in [1.165, 1.54) is 56.9 Å². The van der Waals surface area contributed by atoms with Crippen molar-refractivity contribution in [2.24, 2.45) is 17.8 Å². The molecule has 0 unspecified atom stereocenters. The van der Waals surface area contributed by atoms with E-state index in [-0.39, 0.29) is 0 Å². The van der Waals surface area contributed by atoms with E-state index in [0.717, 1.165) is 36.4 Å². The predicted octanol–water partition coefficient (Wildman–Crippen LogP) is 6.95. The van der Waals surface area contributed by atoms with Crippen LogP contribution in [0.2, 0.25) is 0 Å². The van der Waals surface area contributed by atoms with Crippen LogP contribution in [0.15, 0.2) is 36.7 Å². The Morgan fingerprint density at radius 3 is 2.00 bits per heavy atom. The van der Waals surface area contributed by atoms with Crippen molar-refractivity contribution in [3.05, 3.63) is 47.8 Å². The molecule has 1 aromatic rings. The molecule has 1 aromatic carbocycles. The number of benzene rings is 1. The molecule has 2 aliphatic carbocycles. The topological polar surface area (TPSA) is 0 Å². The first-order chi connectivity index (χ1) is 11.3. The zero-order valence-electron chi connectivity index (χ0n) is 14.5. The molecule has 2 fully saturated rings. The maximum absolute atomic E-state index is 12.1. The fourth-order valence-electron chi connectivity index (χ4n) is 4.90. The van der Waals surface area contributed by atoms with Gasteiger partial charge in [-0.25, -0.2) is 4.39 Å². The fourth-order valence-corrected chi connectivity index (χ4v) is 4.90. The minimum Gasteiger partial charge on any atom is -0.216 e. The van der Waals surface area contributed by atoms with Crippen molar-refractivity contribution in [2.45, 2.75) is 70.6 Å². The molecule has 0 radical (unpaired) electrons. The highest BCUT2D eigenvalue weighted by atomic mass is 19.1. The van der Waals surface area contributed by atoms with Gasteiger partial charge in [0, 0.05) is 0 Å². The molecule has 2 aliphatic rings. The molecular formula is C22H31F. The summed E-state index contributed by atoms with van der Waals surface area (Å²) in [5.74, 6) is 3.42. The van der Waals surface area contributed by atoms with Gasteiger partial charge in [-0.3, -0.25) is 0 Å². The van der Waals surface area contributed by atoms with E-state index >= 15 is 0 Å². The molecule has 0 spiro atoms. The Hall–Kier alpha value is -1.11. The Morgan fingerprint density at radius 2 is 1.43 bits per heavy atom. The van der Waals surface area contributed by atoms with Crippen LogP contribution in [0.5, 0.6) is 0 Å². The van der Waals surface area contributed by atoms with Crippen LogP contribution in [0.25, 0.3) is 0 Å². The van der Waals surface area contributed by atoms with Crippen molar-refractivity contribution in [2.75, 3.05) is 0 Å². The van der Waals surface area contributed by atoms with Crippen LogP contribution < -0.4 is 0 Å². The number of halogens is 1. The van der Waals surface area contributed by atoms with Crippen LogP contribution in [0.4, 0.5) is 4.39 Å². The summed E-state index contributed by atoms with van der Waals surface area (Å²) in [7, 11) is 0. The second-order valence-electron chi connectivity index (χ2n) is 7.90. The second kappa shape index (κ2) is 8.13. The summed E-state index contributed by atoms with van der Waals surface area (Å²) >= 11 is 0.